The zero-order chi connectivity index (χ0) is 17.6. The maximum Gasteiger partial charge on any atom is 0.244 e. The number of halogens is 1. The Morgan fingerprint density at radius 3 is 1.84 bits per heavy atom. The van der Waals surface area contributed by atoms with E-state index >= 15 is 0 Å². The summed E-state index contributed by atoms with van der Waals surface area (Å²) < 4.78 is 0.865. The first-order valence-corrected chi connectivity index (χ1v) is 8.51. The molecule has 1 heterocycles. The van der Waals surface area contributed by atoms with Gasteiger partial charge in [0.2, 0.25) is 5.91 Å². The van der Waals surface area contributed by atoms with Gasteiger partial charge < -0.3 is 15.5 Å². The normalized spacial score (nSPS) is 14.8. The van der Waals surface area contributed by atoms with Crippen molar-refractivity contribution in [2.24, 2.45) is 0 Å². The van der Waals surface area contributed by atoms with Crippen molar-refractivity contribution in [3.63, 3.8) is 0 Å². The van der Waals surface area contributed by atoms with Crippen molar-refractivity contribution in [2.75, 3.05) is 5.32 Å². The second kappa shape index (κ2) is 5.63. The molecule has 0 bridgehead atoms. The Labute approximate surface area is 152 Å². The molecule has 0 unspecified atom stereocenters. The highest BCUT2D eigenvalue weighted by Crippen LogP contribution is 2.48. The van der Waals surface area contributed by atoms with E-state index in [9.17, 15) is 15.0 Å². The van der Waals surface area contributed by atoms with Crippen LogP contribution < -0.4 is 5.32 Å². The lowest BCUT2D eigenvalue weighted by molar-refractivity contribution is -0.118. The number of carbonyl (C=O) groups is 1. The monoisotopic (exact) mass is 395 g/mol. The Hall–Kier alpha value is -2.79. The summed E-state index contributed by atoms with van der Waals surface area (Å²) in [6.45, 7) is 0. The number of nitrogens with one attached hydrogen (secondary N) is 1. The standard InChI is InChI=1S/C20H14BrNO3/c21-14-5-10-18-17(11-14)20(19(25)22-18,12-1-6-15(23)7-2-12)13-3-8-16(24)9-4-13/h1-11,23-24H,(H,22,25). The Morgan fingerprint density at radius 2 is 1.32 bits per heavy atom. The number of rotatable bonds is 2. The smallest absolute Gasteiger partial charge is 0.244 e. The highest BCUT2D eigenvalue weighted by Gasteiger charge is 2.49. The fourth-order valence-electron chi connectivity index (χ4n) is 3.44. The predicted molar refractivity (Wildman–Crippen MR) is 98.9 cm³/mol. The third-order valence-electron chi connectivity index (χ3n) is 4.58. The van der Waals surface area contributed by atoms with Gasteiger partial charge in [-0.1, -0.05) is 40.2 Å². The fourth-order valence-corrected chi connectivity index (χ4v) is 3.80. The summed E-state index contributed by atoms with van der Waals surface area (Å²) in [4.78, 5) is 13.2. The molecule has 0 aromatic heterocycles. The average Bonchev–Trinajstić information content (AvgIpc) is 2.89. The van der Waals surface area contributed by atoms with Gasteiger partial charge in [-0.15, -0.1) is 0 Å². The second-order valence-corrected chi connectivity index (χ2v) is 6.90. The van der Waals surface area contributed by atoms with Gasteiger partial charge in [-0.25, -0.2) is 0 Å². The summed E-state index contributed by atoms with van der Waals surface area (Å²) in [7, 11) is 0. The van der Waals surface area contributed by atoms with Crippen LogP contribution >= 0.6 is 15.9 Å². The number of hydrogen-bond donors (Lipinski definition) is 3. The van der Waals surface area contributed by atoms with E-state index < -0.39 is 5.41 Å². The van der Waals surface area contributed by atoms with Gasteiger partial charge >= 0.3 is 0 Å². The average molecular weight is 396 g/mol. The van der Waals surface area contributed by atoms with Crippen LogP contribution in [0.15, 0.2) is 71.2 Å². The molecule has 1 aliphatic rings. The van der Waals surface area contributed by atoms with Gasteiger partial charge in [0.05, 0.1) is 0 Å². The summed E-state index contributed by atoms with van der Waals surface area (Å²) in [5.74, 6) is 0.104. The van der Waals surface area contributed by atoms with E-state index in [4.69, 9.17) is 0 Å². The van der Waals surface area contributed by atoms with Crippen LogP contribution in [0, 0.1) is 0 Å². The molecule has 0 saturated heterocycles. The van der Waals surface area contributed by atoms with Crippen molar-refractivity contribution in [3.05, 3.63) is 87.9 Å². The first kappa shape index (κ1) is 15.7. The van der Waals surface area contributed by atoms with Gasteiger partial charge in [-0.3, -0.25) is 4.79 Å². The van der Waals surface area contributed by atoms with Gasteiger partial charge in [0.15, 0.2) is 0 Å². The summed E-state index contributed by atoms with van der Waals surface area (Å²) in [6, 6.07) is 18.9. The molecule has 4 nitrogen and oxygen atoms in total. The van der Waals surface area contributed by atoms with Gasteiger partial charge in [-0.2, -0.15) is 0 Å². The zero-order valence-corrected chi connectivity index (χ0v) is 14.6. The van der Waals surface area contributed by atoms with Crippen molar-refractivity contribution < 1.29 is 15.0 Å². The summed E-state index contributed by atoms with van der Waals surface area (Å²) in [5.41, 5.74) is 1.99. The lowest BCUT2D eigenvalue weighted by Gasteiger charge is -2.29. The van der Waals surface area contributed by atoms with E-state index in [2.05, 4.69) is 21.2 Å². The lowest BCUT2D eigenvalue weighted by atomic mass is 9.70. The summed E-state index contributed by atoms with van der Waals surface area (Å²) in [6.07, 6.45) is 0. The Bertz CT molecular complexity index is 920. The Balaban J connectivity index is 2.07. The molecular formula is C20H14BrNO3. The van der Waals surface area contributed by atoms with Crippen molar-refractivity contribution >= 4 is 27.5 Å². The van der Waals surface area contributed by atoms with Crippen LogP contribution in [0.2, 0.25) is 0 Å². The number of hydrogen-bond acceptors (Lipinski definition) is 3. The minimum atomic E-state index is -1.06. The second-order valence-electron chi connectivity index (χ2n) is 5.99. The molecule has 5 heteroatoms. The molecule has 1 amide bonds. The zero-order valence-electron chi connectivity index (χ0n) is 13.0. The van der Waals surface area contributed by atoms with Gasteiger partial charge in [-0.05, 0) is 53.6 Å². The molecule has 0 saturated carbocycles. The number of aromatic hydroxyl groups is 2. The van der Waals surface area contributed by atoms with E-state index in [1.807, 2.05) is 18.2 Å². The van der Waals surface area contributed by atoms with Crippen LogP contribution in [0.3, 0.4) is 0 Å². The molecule has 25 heavy (non-hydrogen) atoms. The first-order chi connectivity index (χ1) is 12.0. The number of phenolic OH excluding ortho intramolecular Hbond substituents is 2. The molecule has 0 radical (unpaired) electrons. The van der Waals surface area contributed by atoms with Crippen molar-refractivity contribution in [1.29, 1.82) is 0 Å². The number of anilines is 1. The van der Waals surface area contributed by atoms with Crippen molar-refractivity contribution in [3.8, 4) is 11.5 Å². The van der Waals surface area contributed by atoms with Crippen LogP contribution in [0.4, 0.5) is 5.69 Å². The van der Waals surface area contributed by atoms with E-state index in [1.165, 1.54) is 0 Å². The van der Waals surface area contributed by atoms with Crippen LogP contribution in [0.25, 0.3) is 0 Å². The topological polar surface area (TPSA) is 69.6 Å². The molecule has 3 aromatic rings. The van der Waals surface area contributed by atoms with Crippen molar-refractivity contribution in [1.82, 2.24) is 0 Å². The minimum absolute atomic E-state index is 0.137. The predicted octanol–water partition coefficient (Wildman–Crippen LogP) is 4.15. The molecule has 0 fully saturated rings. The third-order valence-corrected chi connectivity index (χ3v) is 5.07. The van der Waals surface area contributed by atoms with E-state index in [1.54, 1.807) is 48.5 Å². The van der Waals surface area contributed by atoms with Crippen LogP contribution in [0.1, 0.15) is 16.7 Å². The number of carbonyl (C=O) groups excluding carboxylic acids is 1. The molecule has 0 aliphatic carbocycles. The molecule has 4 rings (SSSR count). The number of benzene rings is 3. The van der Waals surface area contributed by atoms with Crippen molar-refractivity contribution in [2.45, 2.75) is 5.41 Å². The van der Waals surface area contributed by atoms with Gasteiger partial charge in [0.25, 0.3) is 0 Å². The highest BCUT2D eigenvalue weighted by atomic mass is 79.9. The largest absolute Gasteiger partial charge is 0.508 e. The fraction of sp³-hybridized carbons (Fsp3) is 0.0500. The summed E-state index contributed by atoms with van der Waals surface area (Å²) in [5, 5.41) is 22.3. The van der Waals surface area contributed by atoms with Crippen LogP contribution in [-0.4, -0.2) is 16.1 Å². The van der Waals surface area contributed by atoms with Gasteiger partial charge in [0.1, 0.15) is 16.9 Å². The van der Waals surface area contributed by atoms with Crippen LogP contribution in [-0.2, 0) is 10.2 Å². The molecule has 3 aromatic carbocycles. The maximum absolute atomic E-state index is 13.2. The summed E-state index contributed by atoms with van der Waals surface area (Å²) >= 11 is 3.49. The Kier molecular flexibility index (Phi) is 3.54. The lowest BCUT2D eigenvalue weighted by Crippen LogP contribution is -2.36. The molecule has 0 spiro atoms. The number of fused-ring (bicyclic) bond motifs is 1. The Morgan fingerprint density at radius 1 is 0.800 bits per heavy atom. The minimum Gasteiger partial charge on any atom is -0.508 e. The first-order valence-electron chi connectivity index (χ1n) is 7.72. The molecule has 124 valence electrons. The molecular weight excluding hydrogens is 382 g/mol. The SMILES string of the molecule is O=C1Nc2ccc(Br)cc2C1(c1ccc(O)cc1)c1ccc(O)cc1. The van der Waals surface area contributed by atoms with E-state index in [-0.39, 0.29) is 17.4 Å². The number of amides is 1. The third kappa shape index (κ3) is 2.31. The molecule has 3 N–H and O–H groups in total. The molecule has 1 aliphatic heterocycles. The number of phenols is 2. The van der Waals surface area contributed by atoms with E-state index in [0.29, 0.717) is 0 Å². The quantitative estimate of drug-likeness (QED) is 0.610. The van der Waals surface area contributed by atoms with Crippen LogP contribution in [0.5, 0.6) is 11.5 Å². The van der Waals surface area contributed by atoms with Gasteiger partial charge in [0, 0.05) is 15.7 Å². The highest BCUT2D eigenvalue weighted by molar-refractivity contribution is 9.10. The maximum atomic E-state index is 13.2. The molecule has 0 atom stereocenters. The van der Waals surface area contributed by atoms with E-state index in [0.717, 1.165) is 26.9 Å².